The van der Waals surface area contributed by atoms with Gasteiger partial charge in [0, 0.05) is 16.5 Å². The zero-order valence-electron chi connectivity index (χ0n) is 10.7. The SMILES string of the molecule is Nc1c(Br)ccc2c1CCO2.O=C(O)c1ccccc1. The van der Waals surface area contributed by atoms with Crippen LogP contribution in [0.3, 0.4) is 0 Å². The Morgan fingerprint density at radius 2 is 1.90 bits per heavy atom. The summed E-state index contributed by atoms with van der Waals surface area (Å²) in [4.78, 5) is 10.2. The van der Waals surface area contributed by atoms with E-state index >= 15 is 0 Å². The van der Waals surface area contributed by atoms with Gasteiger partial charge in [-0.1, -0.05) is 18.2 Å². The van der Waals surface area contributed by atoms with Gasteiger partial charge in [-0.2, -0.15) is 0 Å². The molecule has 2 aromatic carbocycles. The Labute approximate surface area is 125 Å². The number of nitrogen functional groups attached to an aromatic ring is 1. The van der Waals surface area contributed by atoms with Crippen LogP contribution in [0.2, 0.25) is 0 Å². The van der Waals surface area contributed by atoms with Crippen LogP contribution in [0.15, 0.2) is 46.9 Å². The second-order valence-corrected chi connectivity index (χ2v) is 5.06. The van der Waals surface area contributed by atoms with Gasteiger partial charge in [-0.25, -0.2) is 4.79 Å². The van der Waals surface area contributed by atoms with E-state index in [-0.39, 0.29) is 0 Å². The Hall–Kier alpha value is -2.01. The predicted molar refractivity (Wildman–Crippen MR) is 81.2 cm³/mol. The predicted octanol–water partition coefficient (Wildman–Crippen LogP) is 3.35. The molecular formula is C15H14BrNO3. The summed E-state index contributed by atoms with van der Waals surface area (Å²) in [7, 11) is 0. The lowest BCUT2D eigenvalue weighted by atomic mass is 10.1. The zero-order valence-corrected chi connectivity index (χ0v) is 12.3. The van der Waals surface area contributed by atoms with E-state index in [0.717, 1.165) is 34.5 Å². The number of ether oxygens (including phenoxy) is 1. The fourth-order valence-corrected chi connectivity index (χ4v) is 2.22. The van der Waals surface area contributed by atoms with Crippen LogP contribution in [0.1, 0.15) is 15.9 Å². The first kappa shape index (κ1) is 14.4. The van der Waals surface area contributed by atoms with Crippen molar-refractivity contribution < 1.29 is 14.6 Å². The van der Waals surface area contributed by atoms with E-state index in [1.54, 1.807) is 30.3 Å². The van der Waals surface area contributed by atoms with E-state index < -0.39 is 5.97 Å². The van der Waals surface area contributed by atoms with Crippen LogP contribution >= 0.6 is 15.9 Å². The largest absolute Gasteiger partial charge is 0.493 e. The number of benzene rings is 2. The van der Waals surface area contributed by atoms with Crippen LogP contribution in [0.5, 0.6) is 5.75 Å². The first-order valence-electron chi connectivity index (χ1n) is 6.07. The van der Waals surface area contributed by atoms with E-state index in [9.17, 15) is 4.79 Å². The third-order valence-corrected chi connectivity index (χ3v) is 3.58. The summed E-state index contributed by atoms with van der Waals surface area (Å²) >= 11 is 3.37. The Bertz CT molecular complexity index is 614. The van der Waals surface area contributed by atoms with Gasteiger partial charge in [-0.15, -0.1) is 0 Å². The van der Waals surface area contributed by atoms with Crippen molar-refractivity contribution in [3.05, 3.63) is 58.1 Å². The summed E-state index contributed by atoms with van der Waals surface area (Å²) in [5, 5.41) is 8.38. The molecule has 0 aliphatic carbocycles. The number of carbonyl (C=O) groups is 1. The van der Waals surface area contributed by atoms with Gasteiger partial charge in [0.15, 0.2) is 0 Å². The summed E-state index contributed by atoms with van der Waals surface area (Å²) in [6, 6.07) is 12.2. The van der Waals surface area contributed by atoms with Crippen LogP contribution < -0.4 is 10.5 Å². The van der Waals surface area contributed by atoms with Crippen LogP contribution in [0.25, 0.3) is 0 Å². The molecule has 0 atom stereocenters. The molecule has 2 aromatic rings. The molecule has 3 rings (SSSR count). The van der Waals surface area contributed by atoms with Crippen molar-refractivity contribution in [1.82, 2.24) is 0 Å². The number of halogens is 1. The molecule has 0 unspecified atom stereocenters. The van der Waals surface area contributed by atoms with Crippen LogP contribution in [-0.4, -0.2) is 17.7 Å². The highest BCUT2D eigenvalue weighted by Gasteiger charge is 2.15. The number of rotatable bonds is 1. The van der Waals surface area contributed by atoms with Crippen molar-refractivity contribution in [2.45, 2.75) is 6.42 Å². The molecule has 0 fully saturated rings. The third kappa shape index (κ3) is 3.30. The average Bonchev–Trinajstić information content (AvgIpc) is 2.94. The first-order chi connectivity index (χ1) is 9.59. The number of hydrogen-bond acceptors (Lipinski definition) is 3. The Kier molecular flexibility index (Phi) is 4.63. The lowest BCUT2D eigenvalue weighted by Gasteiger charge is -2.03. The van der Waals surface area contributed by atoms with Gasteiger partial charge >= 0.3 is 5.97 Å². The molecule has 0 spiro atoms. The Morgan fingerprint density at radius 1 is 1.20 bits per heavy atom. The molecule has 0 radical (unpaired) electrons. The van der Waals surface area contributed by atoms with E-state index in [0.29, 0.717) is 5.56 Å². The van der Waals surface area contributed by atoms with E-state index in [4.69, 9.17) is 15.6 Å². The standard InChI is InChI=1S/C8H8BrNO.C7H6O2/c9-6-1-2-7-5(8(6)10)3-4-11-7;8-7(9)6-4-2-1-3-5-6/h1-2H,3-4,10H2;1-5H,(H,8,9). The van der Waals surface area contributed by atoms with Crippen molar-refractivity contribution in [1.29, 1.82) is 0 Å². The molecule has 20 heavy (non-hydrogen) atoms. The highest BCUT2D eigenvalue weighted by Crippen LogP contribution is 2.34. The number of carboxylic acid groups (broad SMARTS) is 1. The van der Waals surface area contributed by atoms with Crippen molar-refractivity contribution in [3.63, 3.8) is 0 Å². The maximum Gasteiger partial charge on any atom is 0.335 e. The molecule has 104 valence electrons. The van der Waals surface area contributed by atoms with E-state index in [1.807, 2.05) is 12.1 Å². The normalized spacial score (nSPS) is 11.8. The molecule has 0 saturated heterocycles. The minimum Gasteiger partial charge on any atom is -0.493 e. The van der Waals surface area contributed by atoms with Crippen LogP contribution in [-0.2, 0) is 6.42 Å². The minimum atomic E-state index is -0.879. The lowest BCUT2D eigenvalue weighted by Crippen LogP contribution is -1.93. The summed E-state index contributed by atoms with van der Waals surface area (Å²) < 4.78 is 6.29. The summed E-state index contributed by atoms with van der Waals surface area (Å²) in [5.41, 5.74) is 8.10. The van der Waals surface area contributed by atoms with Crippen LogP contribution in [0.4, 0.5) is 5.69 Å². The van der Waals surface area contributed by atoms with Gasteiger partial charge < -0.3 is 15.6 Å². The second-order valence-electron chi connectivity index (χ2n) is 4.21. The molecule has 1 aliphatic rings. The van der Waals surface area contributed by atoms with Gasteiger partial charge in [0.25, 0.3) is 0 Å². The average molecular weight is 336 g/mol. The lowest BCUT2D eigenvalue weighted by molar-refractivity contribution is 0.0697. The first-order valence-corrected chi connectivity index (χ1v) is 6.87. The number of anilines is 1. The quantitative estimate of drug-likeness (QED) is 0.784. The molecule has 1 heterocycles. The minimum absolute atomic E-state index is 0.331. The van der Waals surface area contributed by atoms with Crippen molar-refractivity contribution in [2.24, 2.45) is 0 Å². The summed E-state index contributed by atoms with van der Waals surface area (Å²) in [6.07, 6.45) is 0.931. The van der Waals surface area contributed by atoms with Crippen molar-refractivity contribution >= 4 is 27.6 Å². The number of hydrogen-bond donors (Lipinski definition) is 2. The molecular weight excluding hydrogens is 322 g/mol. The number of carboxylic acids is 1. The Morgan fingerprint density at radius 3 is 2.50 bits per heavy atom. The fourth-order valence-electron chi connectivity index (χ4n) is 1.85. The third-order valence-electron chi connectivity index (χ3n) is 2.89. The molecule has 5 heteroatoms. The zero-order chi connectivity index (χ0) is 14.5. The highest BCUT2D eigenvalue weighted by molar-refractivity contribution is 9.10. The highest BCUT2D eigenvalue weighted by atomic mass is 79.9. The molecule has 4 nitrogen and oxygen atoms in total. The fraction of sp³-hybridized carbons (Fsp3) is 0.133. The molecule has 3 N–H and O–H groups in total. The topological polar surface area (TPSA) is 72.5 Å². The van der Waals surface area contributed by atoms with Crippen LogP contribution in [0, 0.1) is 0 Å². The number of nitrogens with two attached hydrogens (primary N) is 1. The summed E-state index contributed by atoms with van der Waals surface area (Å²) in [5.74, 6) is 0.0568. The van der Waals surface area contributed by atoms with E-state index in [1.165, 1.54) is 0 Å². The second kappa shape index (κ2) is 6.43. The monoisotopic (exact) mass is 335 g/mol. The van der Waals surface area contributed by atoms with Gasteiger partial charge in [0.2, 0.25) is 0 Å². The summed E-state index contributed by atoms with van der Waals surface area (Å²) in [6.45, 7) is 0.760. The van der Waals surface area contributed by atoms with Crippen molar-refractivity contribution in [3.8, 4) is 5.75 Å². The van der Waals surface area contributed by atoms with Gasteiger partial charge in [0.05, 0.1) is 17.9 Å². The maximum absolute atomic E-state index is 10.2. The molecule has 0 aromatic heterocycles. The van der Waals surface area contributed by atoms with Crippen molar-refractivity contribution in [2.75, 3.05) is 12.3 Å². The molecule has 1 aliphatic heterocycles. The Balaban J connectivity index is 0.000000151. The van der Waals surface area contributed by atoms with Gasteiger partial charge in [0.1, 0.15) is 5.75 Å². The maximum atomic E-state index is 10.2. The number of fused-ring (bicyclic) bond motifs is 1. The molecule has 0 saturated carbocycles. The van der Waals surface area contributed by atoms with E-state index in [2.05, 4.69) is 15.9 Å². The smallest absolute Gasteiger partial charge is 0.335 e. The van der Waals surface area contributed by atoms with Gasteiger partial charge in [-0.3, -0.25) is 0 Å². The molecule has 0 amide bonds. The van der Waals surface area contributed by atoms with Gasteiger partial charge in [-0.05, 0) is 40.2 Å². The number of aromatic carboxylic acids is 1. The molecule has 0 bridgehead atoms.